The van der Waals surface area contributed by atoms with Gasteiger partial charge in [-0.25, -0.2) is 0 Å². The summed E-state index contributed by atoms with van der Waals surface area (Å²) in [6.45, 7) is 1.68. The Morgan fingerprint density at radius 3 is 2.79 bits per heavy atom. The summed E-state index contributed by atoms with van der Waals surface area (Å²) in [5.41, 5.74) is 12.1. The van der Waals surface area contributed by atoms with E-state index in [4.69, 9.17) is 11.5 Å². The predicted octanol–water partition coefficient (Wildman–Crippen LogP) is 1.32. The molecule has 14 heavy (non-hydrogen) atoms. The monoisotopic (exact) mass is 257 g/mol. The van der Waals surface area contributed by atoms with Crippen molar-refractivity contribution in [3.8, 4) is 0 Å². The van der Waals surface area contributed by atoms with Crippen molar-refractivity contribution in [2.24, 2.45) is 5.73 Å². The third-order valence-corrected chi connectivity index (χ3v) is 2.31. The zero-order chi connectivity index (χ0) is 10.7. The number of carbonyl (C=O) groups excluding carboxylic acids is 1. The predicted molar refractivity (Wildman–Crippen MR) is 60.8 cm³/mol. The lowest BCUT2D eigenvalue weighted by Crippen LogP contribution is -2.32. The number of primary amides is 1. The summed E-state index contributed by atoms with van der Waals surface area (Å²) in [5.74, 6) is -0.413. The van der Waals surface area contributed by atoms with E-state index < -0.39 is 11.9 Å². The van der Waals surface area contributed by atoms with Gasteiger partial charge in [0.15, 0.2) is 0 Å². The minimum Gasteiger partial charge on any atom is -0.397 e. The number of carbonyl (C=O) groups is 1. The molecule has 0 bridgehead atoms. The van der Waals surface area contributed by atoms with Crippen LogP contribution in [0.1, 0.15) is 6.92 Å². The maximum absolute atomic E-state index is 10.8. The van der Waals surface area contributed by atoms with Gasteiger partial charge in [-0.05, 0) is 25.1 Å². The molecule has 4 nitrogen and oxygen atoms in total. The fourth-order valence-corrected chi connectivity index (χ4v) is 1.32. The van der Waals surface area contributed by atoms with Crippen LogP contribution in [0.2, 0.25) is 0 Å². The fourth-order valence-electron chi connectivity index (χ4n) is 0.958. The van der Waals surface area contributed by atoms with E-state index in [9.17, 15) is 4.79 Å². The van der Waals surface area contributed by atoms with Crippen molar-refractivity contribution in [2.75, 3.05) is 11.1 Å². The topological polar surface area (TPSA) is 81.1 Å². The van der Waals surface area contributed by atoms with Gasteiger partial charge < -0.3 is 16.8 Å². The number of nitrogen functional groups attached to an aromatic ring is 1. The molecule has 1 rings (SSSR count). The first-order valence-corrected chi connectivity index (χ1v) is 4.91. The van der Waals surface area contributed by atoms with Crippen molar-refractivity contribution in [1.29, 1.82) is 0 Å². The highest BCUT2D eigenvalue weighted by atomic mass is 79.9. The van der Waals surface area contributed by atoms with Crippen LogP contribution < -0.4 is 16.8 Å². The summed E-state index contributed by atoms with van der Waals surface area (Å²) < 4.78 is 0.894. The summed E-state index contributed by atoms with van der Waals surface area (Å²) in [6, 6.07) is 4.94. The molecule has 0 aliphatic carbocycles. The van der Waals surface area contributed by atoms with Crippen molar-refractivity contribution < 1.29 is 4.79 Å². The maximum atomic E-state index is 10.8. The summed E-state index contributed by atoms with van der Waals surface area (Å²) in [5, 5.41) is 2.92. The highest BCUT2D eigenvalue weighted by Gasteiger charge is 2.09. The third kappa shape index (κ3) is 2.63. The number of nitrogens with one attached hydrogen (secondary N) is 1. The van der Waals surface area contributed by atoms with Crippen LogP contribution >= 0.6 is 15.9 Å². The number of hydrogen-bond donors (Lipinski definition) is 3. The number of nitrogens with two attached hydrogens (primary N) is 2. The number of hydrogen-bond acceptors (Lipinski definition) is 3. The van der Waals surface area contributed by atoms with E-state index in [1.165, 1.54) is 0 Å². The minimum absolute atomic E-state index is 0.413. The Kier molecular flexibility index (Phi) is 3.35. The van der Waals surface area contributed by atoms with E-state index in [1.54, 1.807) is 19.1 Å². The van der Waals surface area contributed by atoms with Crippen LogP contribution in [0.4, 0.5) is 11.4 Å². The second-order valence-corrected chi connectivity index (χ2v) is 3.92. The smallest absolute Gasteiger partial charge is 0.239 e. The normalized spacial score (nSPS) is 12.1. The first-order chi connectivity index (χ1) is 6.50. The zero-order valence-electron chi connectivity index (χ0n) is 7.75. The summed E-state index contributed by atoms with van der Waals surface area (Å²) in [7, 11) is 0. The largest absolute Gasteiger partial charge is 0.397 e. The maximum Gasteiger partial charge on any atom is 0.239 e. The van der Waals surface area contributed by atoms with Crippen molar-refractivity contribution in [3.63, 3.8) is 0 Å². The molecular formula is C9H12BrN3O. The van der Waals surface area contributed by atoms with Gasteiger partial charge in [-0.1, -0.05) is 15.9 Å². The fraction of sp³-hybridized carbons (Fsp3) is 0.222. The van der Waals surface area contributed by atoms with E-state index in [-0.39, 0.29) is 0 Å². The average molecular weight is 258 g/mol. The Balaban J connectivity index is 2.85. The lowest BCUT2D eigenvalue weighted by Gasteiger charge is -2.13. The first-order valence-electron chi connectivity index (χ1n) is 4.11. The Morgan fingerprint density at radius 1 is 1.57 bits per heavy atom. The Labute approximate surface area is 90.8 Å². The molecule has 5 N–H and O–H groups in total. The SMILES string of the molecule is CC(Nc1cc(Br)ccc1N)C(N)=O. The molecule has 0 aliphatic rings. The number of benzene rings is 1. The number of rotatable bonds is 3. The van der Waals surface area contributed by atoms with Gasteiger partial charge >= 0.3 is 0 Å². The molecule has 1 aromatic rings. The van der Waals surface area contributed by atoms with E-state index in [0.29, 0.717) is 11.4 Å². The van der Waals surface area contributed by atoms with Gasteiger partial charge in [-0.2, -0.15) is 0 Å². The van der Waals surface area contributed by atoms with Gasteiger partial charge in [0.1, 0.15) is 6.04 Å². The molecule has 0 fully saturated rings. The van der Waals surface area contributed by atoms with E-state index >= 15 is 0 Å². The van der Waals surface area contributed by atoms with Crippen molar-refractivity contribution in [3.05, 3.63) is 22.7 Å². The third-order valence-electron chi connectivity index (χ3n) is 1.81. The van der Waals surface area contributed by atoms with Gasteiger partial charge in [0.05, 0.1) is 11.4 Å². The Morgan fingerprint density at radius 2 is 2.21 bits per heavy atom. The molecule has 0 spiro atoms. The lowest BCUT2D eigenvalue weighted by molar-refractivity contribution is -0.118. The lowest BCUT2D eigenvalue weighted by atomic mass is 10.2. The van der Waals surface area contributed by atoms with Gasteiger partial charge in [0, 0.05) is 4.47 Å². The van der Waals surface area contributed by atoms with Crippen LogP contribution in [0.3, 0.4) is 0 Å². The second kappa shape index (κ2) is 4.32. The summed E-state index contributed by atoms with van der Waals surface area (Å²) >= 11 is 3.31. The van der Waals surface area contributed by atoms with Crippen molar-refractivity contribution in [1.82, 2.24) is 0 Å². The molecule has 5 heteroatoms. The second-order valence-electron chi connectivity index (χ2n) is 3.00. The molecule has 0 radical (unpaired) electrons. The zero-order valence-corrected chi connectivity index (χ0v) is 9.34. The summed E-state index contributed by atoms with van der Waals surface area (Å²) in [4.78, 5) is 10.8. The highest BCUT2D eigenvalue weighted by molar-refractivity contribution is 9.10. The average Bonchev–Trinajstić information content (AvgIpc) is 2.11. The number of amides is 1. The van der Waals surface area contributed by atoms with Crippen LogP contribution in [0, 0.1) is 0 Å². The van der Waals surface area contributed by atoms with Crippen molar-refractivity contribution >= 4 is 33.2 Å². The van der Waals surface area contributed by atoms with Gasteiger partial charge in [-0.15, -0.1) is 0 Å². The molecule has 0 saturated carbocycles. The van der Waals surface area contributed by atoms with Crippen LogP contribution in [-0.4, -0.2) is 11.9 Å². The highest BCUT2D eigenvalue weighted by Crippen LogP contribution is 2.23. The van der Waals surface area contributed by atoms with Gasteiger partial charge in [-0.3, -0.25) is 4.79 Å². The van der Waals surface area contributed by atoms with E-state index in [0.717, 1.165) is 4.47 Å². The van der Waals surface area contributed by atoms with Crippen LogP contribution in [0.25, 0.3) is 0 Å². The summed E-state index contributed by atoms with van der Waals surface area (Å²) in [6.07, 6.45) is 0. The quantitative estimate of drug-likeness (QED) is 0.715. The Hall–Kier alpha value is -1.23. The molecule has 1 atom stereocenters. The van der Waals surface area contributed by atoms with Gasteiger partial charge in [0.25, 0.3) is 0 Å². The van der Waals surface area contributed by atoms with Crippen LogP contribution in [0.15, 0.2) is 22.7 Å². The first kappa shape index (κ1) is 10.8. The van der Waals surface area contributed by atoms with E-state index in [1.807, 2.05) is 6.07 Å². The van der Waals surface area contributed by atoms with Crippen molar-refractivity contribution in [2.45, 2.75) is 13.0 Å². The van der Waals surface area contributed by atoms with Crippen LogP contribution in [-0.2, 0) is 4.79 Å². The van der Waals surface area contributed by atoms with Crippen LogP contribution in [0.5, 0.6) is 0 Å². The molecule has 76 valence electrons. The molecule has 1 unspecified atom stereocenters. The molecule has 1 aromatic carbocycles. The number of anilines is 2. The molecule has 0 aromatic heterocycles. The molecule has 0 saturated heterocycles. The molecule has 0 aliphatic heterocycles. The molecular weight excluding hydrogens is 246 g/mol. The Bertz CT molecular complexity index is 354. The van der Waals surface area contributed by atoms with Gasteiger partial charge in [0.2, 0.25) is 5.91 Å². The number of halogens is 1. The molecule has 1 amide bonds. The minimum atomic E-state index is -0.438. The van der Waals surface area contributed by atoms with E-state index in [2.05, 4.69) is 21.2 Å². The molecule has 0 heterocycles. The standard InChI is InChI=1S/C9H12BrN3O/c1-5(9(12)14)13-8-4-6(10)2-3-7(8)11/h2-5,13H,11H2,1H3,(H2,12,14).